The van der Waals surface area contributed by atoms with E-state index in [0.29, 0.717) is 126 Å². The lowest BCUT2D eigenvalue weighted by Gasteiger charge is -2.21. The van der Waals surface area contributed by atoms with Crippen molar-refractivity contribution in [3.8, 4) is 0 Å². The minimum absolute atomic E-state index is 0.118. The third kappa shape index (κ3) is 42.6. The zero-order valence-electron chi connectivity index (χ0n) is 87.7. The summed E-state index contributed by atoms with van der Waals surface area (Å²) in [4.78, 5) is 121. The van der Waals surface area contributed by atoms with Crippen LogP contribution in [0, 0.1) is 0 Å². The van der Waals surface area contributed by atoms with Crippen LogP contribution in [-0.2, 0) is 19.2 Å². The number of aliphatic carboxylic acids is 4. The standard InChI is InChI=1S/2C16H29N3.C16H12O4.3C16H14O3.C11H23N3.C10H21N3/c2*1-13(2)17-16(18-14-9-5-3-6-10-14)19-15-11-7-4-8-12-15;1-9(16(18)19)10-6-7-14-12(8-10)15(17)11-4-2-3-5-13(11)20-14;3*1-11(16(18)19)13-8-5-9-14(10-13)15(17)12-6-3-2-4-7-12;1-8(2)12-11(13-9(3)4)14(7)10(5)6;1-7(2)11-10(12-8(3)4)13-9(5)6/h2*14-15H,3-12H2,1-2H3,(H,18,19);2-9H,1H3,(H,18,19);3*2-11H,1H3,(H,18,19);8,10H,1-7H3;7-8H,1-6H3,(H,11,12). The van der Waals surface area contributed by atoms with Crippen molar-refractivity contribution in [2.75, 3.05) is 7.05 Å². The second-order valence-electron chi connectivity index (χ2n) is 38.9. The summed E-state index contributed by atoms with van der Waals surface area (Å²) in [5, 5.41) is 58.3. The summed E-state index contributed by atoms with van der Waals surface area (Å²) < 4.78 is 7.80. The highest BCUT2D eigenvalue weighted by Gasteiger charge is 2.26. The molecule has 0 aliphatic heterocycles. The molecule has 0 radical (unpaired) electrons. The number of para-hydroxylation sites is 1. The summed E-state index contributed by atoms with van der Waals surface area (Å²) in [6, 6.07) is 62.6. The van der Waals surface area contributed by atoms with Gasteiger partial charge in [0.15, 0.2) is 17.3 Å². The topological polar surface area (TPSA) is 384 Å². The Morgan fingerprint density at radius 3 is 0.958 bits per heavy atom. The van der Waals surface area contributed by atoms with Crippen molar-refractivity contribution in [3.63, 3.8) is 0 Å². The molecule has 25 nitrogen and oxygen atoms in total. The van der Waals surface area contributed by atoms with E-state index >= 15 is 0 Å². The normalized spacial score (nSPS) is 15.1. The first kappa shape index (κ1) is 117. The number of carbonyl (C=O) groups is 7. The number of aliphatic imine (C=N–C) groups is 4. The van der Waals surface area contributed by atoms with E-state index in [0.717, 1.165) is 46.7 Å². The first-order valence-electron chi connectivity index (χ1n) is 50.6. The van der Waals surface area contributed by atoms with E-state index in [4.69, 9.17) is 4.42 Å². The smallest absolute Gasteiger partial charge is 0.387 e. The Kier molecular flexibility index (Phi) is 51.3. The maximum absolute atomic E-state index is 12.4. The van der Waals surface area contributed by atoms with E-state index < -0.39 is 47.5 Å². The molecule has 4 unspecified atom stereocenters. The molecule has 1 aromatic heterocycles. The van der Waals surface area contributed by atoms with Crippen molar-refractivity contribution >= 4 is 110 Å². The molecular weight excluding hydrogens is 1780 g/mol. The Morgan fingerprint density at radius 2 is 0.641 bits per heavy atom. The molecule has 1 heterocycles. The maximum Gasteiger partial charge on any atom is 0.387 e. The number of nitrogens with one attached hydrogen (secondary N) is 7. The predicted octanol–water partition coefficient (Wildman–Crippen LogP) is 13.6. The molecule has 4 aliphatic carbocycles. The molecule has 0 spiro atoms. The Hall–Kier alpha value is -13.3. The van der Waals surface area contributed by atoms with Crippen molar-refractivity contribution in [2.45, 2.75) is 339 Å². The molecule has 0 saturated heterocycles. The minimum Gasteiger partial charge on any atom is -0.550 e. The molecule has 4 saturated carbocycles. The fourth-order valence-electron chi connectivity index (χ4n) is 16.0. The molecule has 7 N–H and O–H groups in total. The number of hydrogen-bond donors (Lipinski definition) is 7. The number of nitrogens with zero attached hydrogens (tertiary/aromatic N) is 5. The molecule has 8 aromatic carbocycles. The van der Waals surface area contributed by atoms with Crippen LogP contribution in [0.5, 0.6) is 0 Å². The lowest BCUT2D eigenvalue weighted by Crippen LogP contribution is -2.82. The zero-order valence-corrected chi connectivity index (χ0v) is 87.7. The summed E-state index contributed by atoms with van der Waals surface area (Å²) in [6.45, 7) is 39.4. The van der Waals surface area contributed by atoms with E-state index in [1.165, 1.54) is 135 Å². The lowest BCUT2D eigenvalue weighted by molar-refractivity contribution is -0.532. The Balaban J connectivity index is 0.000000249. The molecule has 4 atom stereocenters. The maximum atomic E-state index is 12.4. The number of guanidine groups is 4. The predicted molar refractivity (Wildman–Crippen MR) is 567 cm³/mol. The molecule has 9 aromatic rings. The van der Waals surface area contributed by atoms with E-state index in [2.05, 4.69) is 151 Å². The van der Waals surface area contributed by atoms with Crippen molar-refractivity contribution in [1.29, 1.82) is 0 Å². The second kappa shape index (κ2) is 62.1. The number of ketones is 3. The van der Waals surface area contributed by atoms with Crippen LogP contribution in [0.1, 0.15) is 361 Å². The number of rotatable bonds is 22. The zero-order chi connectivity index (χ0) is 104. The Bertz CT molecular complexity index is 5500. The van der Waals surface area contributed by atoms with Crippen LogP contribution in [-0.4, -0.2) is 148 Å². The van der Waals surface area contributed by atoms with Gasteiger partial charge < -0.3 is 44.0 Å². The van der Waals surface area contributed by atoms with E-state index in [1.807, 2.05) is 45.9 Å². The first-order valence-corrected chi connectivity index (χ1v) is 50.6. The molecule has 142 heavy (non-hydrogen) atoms. The van der Waals surface area contributed by atoms with Gasteiger partial charge in [0.1, 0.15) is 11.2 Å². The fraction of sp³-hybridized carbons (Fsp3) is 0.453. The largest absolute Gasteiger partial charge is 0.550 e. The number of carboxylic acids is 4. The summed E-state index contributed by atoms with van der Waals surface area (Å²) in [5.41, 5.74) is 10.6. The number of carbonyl (C=O) groups excluding carboxylic acids is 7. The van der Waals surface area contributed by atoms with Gasteiger partial charge in [0.05, 0.1) is 89.0 Å². The van der Waals surface area contributed by atoms with Gasteiger partial charge in [-0.25, -0.2) is 0 Å². The monoisotopic (exact) mass is 1940 g/mol. The molecular formula is C117H156N12O13. The lowest BCUT2D eigenvalue weighted by atomic mass is 9.95. The molecule has 4 fully saturated rings. The minimum atomic E-state index is -1.17. The van der Waals surface area contributed by atoms with Gasteiger partial charge in [-0.3, -0.25) is 60.0 Å². The van der Waals surface area contributed by atoms with Gasteiger partial charge >= 0.3 is 23.8 Å². The fourth-order valence-corrected chi connectivity index (χ4v) is 16.0. The van der Waals surface area contributed by atoms with Crippen LogP contribution in [0.4, 0.5) is 0 Å². The molecule has 4 aliphatic rings. The Labute approximate surface area is 842 Å². The van der Waals surface area contributed by atoms with Gasteiger partial charge in [-0.1, -0.05) is 289 Å². The number of benzene rings is 8. The van der Waals surface area contributed by atoms with Gasteiger partial charge in [-0.15, -0.1) is 0 Å². The molecule has 13 rings (SSSR count). The third-order valence-corrected chi connectivity index (χ3v) is 24.1. The first-order chi connectivity index (χ1) is 67.6. The highest BCUT2D eigenvalue weighted by atomic mass is 16.4. The van der Waals surface area contributed by atoms with Crippen LogP contribution in [0.3, 0.4) is 0 Å². The van der Waals surface area contributed by atoms with Crippen LogP contribution in [0.25, 0.3) is 21.9 Å². The van der Waals surface area contributed by atoms with Crippen LogP contribution < -0.4 is 62.1 Å². The van der Waals surface area contributed by atoms with Gasteiger partial charge in [0, 0.05) is 80.9 Å². The highest BCUT2D eigenvalue weighted by Crippen LogP contribution is 2.27. The summed E-state index contributed by atoms with van der Waals surface area (Å²) >= 11 is 0. The third-order valence-electron chi connectivity index (χ3n) is 24.1. The highest BCUT2D eigenvalue weighted by molar-refractivity contribution is 6.11. The SMILES string of the molecule is CC(C(=O)[O-])c1ccc2oc3ccccc3c(=O)c2c1.CC(C(=O)[O-])c1cccc(C(=O)c2ccccc2)c1.CC(C(=O)[O-])c1cccc(C(=O)c2ccccc2)c1.CC(C(=O)[O-])c1cccc(C(=O)c2ccccc2)c1.CC(C)=NC(NC(C)C)=[N+](C)C(C)C.CC(C)=NC(NC(C)C)=[NH+]C(C)C.CC(C)=NC(NC1CCCCC1)=[NH+]C1CCCCC1.CC(C)=NC(NC1CCCCC1)=[NH+]C1CCCCC1. The number of carboxylic acid groups (broad SMARTS) is 4. The molecule has 25 heteroatoms. The van der Waals surface area contributed by atoms with Gasteiger partial charge in [-0.05, 0) is 227 Å². The van der Waals surface area contributed by atoms with Crippen molar-refractivity contribution in [3.05, 3.63) is 272 Å². The number of hydrogen-bond acceptors (Lipinski definition) is 13. The van der Waals surface area contributed by atoms with Crippen molar-refractivity contribution in [1.82, 2.24) is 21.3 Å². The van der Waals surface area contributed by atoms with E-state index in [9.17, 15) is 58.8 Å². The van der Waals surface area contributed by atoms with E-state index in [1.54, 1.807) is 209 Å². The van der Waals surface area contributed by atoms with Crippen LogP contribution in [0.2, 0.25) is 0 Å². The second-order valence-corrected chi connectivity index (χ2v) is 38.9. The molecule has 0 bridgehead atoms. The van der Waals surface area contributed by atoms with E-state index in [-0.39, 0.29) is 22.8 Å². The molecule has 762 valence electrons. The van der Waals surface area contributed by atoms with Crippen LogP contribution >= 0.6 is 0 Å². The number of fused-ring (bicyclic) bond motifs is 2. The van der Waals surface area contributed by atoms with Crippen LogP contribution in [0.15, 0.2) is 235 Å². The summed E-state index contributed by atoms with van der Waals surface area (Å²) in [6.07, 6.45) is 26.9. The quantitative estimate of drug-likeness (QED) is 0.0109. The average Bonchev–Trinajstić information content (AvgIpc) is 0.771. The summed E-state index contributed by atoms with van der Waals surface area (Å²) in [7, 11) is 2.06. The van der Waals surface area contributed by atoms with Crippen molar-refractivity contribution < 1.29 is 78.0 Å². The van der Waals surface area contributed by atoms with Crippen molar-refractivity contribution in [2.24, 2.45) is 20.0 Å². The molecule has 0 amide bonds. The summed E-state index contributed by atoms with van der Waals surface area (Å²) in [5.74, 6) is -4.07. The Morgan fingerprint density at radius 1 is 0.338 bits per heavy atom. The average molecular weight is 1940 g/mol. The van der Waals surface area contributed by atoms with Gasteiger partial charge in [0.25, 0.3) is 0 Å². The van der Waals surface area contributed by atoms with Gasteiger partial charge in [0.2, 0.25) is 5.43 Å². The van der Waals surface area contributed by atoms with Gasteiger partial charge in [-0.2, -0.15) is 0 Å².